The molecule has 0 saturated heterocycles. The van der Waals surface area contributed by atoms with Crippen molar-refractivity contribution in [3.8, 4) is 0 Å². The van der Waals surface area contributed by atoms with Crippen LogP contribution in [0.25, 0.3) is 0 Å². The zero-order chi connectivity index (χ0) is 31.0. The van der Waals surface area contributed by atoms with Gasteiger partial charge in [0.2, 0.25) is 11.8 Å². The normalized spacial score (nSPS) is 19.1. The third-order valence-electron chi connectivity index (χ3n) is 7.67. The minimum absolute atomic E-state index is 0.327. The zero-order valence-electron chi connectivity index (χ0n) is 24.0. The molecule has 0 radical (unpaired) electrons. The number of aromatic nitrogens is 2. The van der Waals surface area contributed by atoms with Crippen LogP contribution in [0, 0.1) is 22.7 Å². The maximum absolute atomic E-state index is 13.1. The van der Waals surface area contributed by atoms with Gasteiger partial charge in [-0.1, -0.05) is 12.2 Å². The number of nitrogens with two attached hydrogens (primary N) is 2. The number of hydrogen-bond acceptors (Lipinski definition) is 7. The third kappa shape index (κ3) is 6.93. The summed E-state index contributed by atoms with van der Waals surface area (Å²) in [5.41, 5.74) is 12.5. The predicted molar refractivity (Wildman–Crippen MR) is 164 cm³/mol. The summed E-state index contributed by atoms with van der Waals surface area (Å²) in [6, 6.07) is 3.15. The van der Waals surface area contributed by atoms with Gasteiger partial charge in [-0.2, -0.15) is 0 Å². The molecule has 14 nitrogen and oxygen atoms in total. The lowest BCUT2D eigenvalue weighted by atomic mass is 10.3. The van der Waals surface area contributed by atoms with Crippen LogP contribution in [0.1, 0.15) is 46.7 Å². The van der Waals surface area contributed by atoms with Gasteiger partial charge in [-0.3, -0.25) is 39.8 Å². The van der Waals surface area contributed by atoms with Gasteiger partial charge in [-0.15, -0.1) is 11.8 Å². The first-order valence-electron chi connectivity index (χ1n) is 14.0. The fraction of sp³-hybridized carbons (Fsp3) is 0.429. The van der Waals surface area contributed by atoms with Gasteiger partial charge in [-0.05, 0) is 49.7 Å². The molecule has 3 aliphatic rings. The Balaban J connectivity index is 1.22. The largest absolute Gasteiger partial charge is 0.370 e. The predicted octanol–water partition coefficient (Wildman–Crippen LogP) is 1.66. The molecule has 43 heavy (non-hydrogen) atoms. The minimum atomic E-state index is -0.637. The Morgan fingerprint density at radius 2 is 1.16 bits per heavy atom. The van der Waals surface area contributed by atoms with E-state index in [4.69, 9.17) is 22.3 Å². The number of thioether (sulfide) groups is 1. The van der Waals surface area contributed by atoms with Crippen LogP contribution in [0.5, 0.6) is 0 Å². The van der Waals surface area contributed by atoms with Crippen LogP contribution in [0.15, 0.2) is 36.7 Å². The molecule has 2 aromatic heterocycles. The van der Waals surface area contributed by atoms with Gasteiger partial charge < -0.3 is 31.2 Å². The molecule has 0 bridgehead atoms. The van der Waals surface area contributed by atoms with Gasteiger partial charge >= 0.3 is 0 Å². The minimum Gasteiger partial charge on any atom is -0.370 e. The van der Waals surface area contributed by atoms with Crippen molar-refractivity contribution in [2.45, 2.75) is 49.3 Å². The number of nitrogens with zero attached hydrogens (tertiary/aromatic N) is 4. The third-order valence-corrected chi connectivity index (χ3v) is 9.00. The number of nitrogens with one attached hydrogen (secondary N) is 4. The van der Waals surface area contributed by atoms with Gasteiger partial charge in [0.15, 0.2) is 11.9 Å². The van der Waals surface area contributed by atoms with Gasteiger partial charge in [0.25, 0.3) is 11.8 Å². The highest BCUT2D eigenvalue weighted by molar-refractivity contribution is 8.02. The van der Waals surface area contributed by atoms with Crippen molar-refractivity contribution < 1.29 is 19.2 Å². The van der Waals surface area contributed by atoms with E-state index in [1.54, 1.807) is 45.8 Å². The quantitative estimate of drug-likeness (QED) is 0.133. The van der Waals surface area contributed by atoms with E-state index in [-0.39, 0.29) is 23.7 Å². The smallest absolute Gasteiger partial charge is 0.276 e. The molecule has 15 heteroatoms. The first kappa shape index (κ1) is 29.9. The Hall–Kier alpha value is -4.53. The van der Waals surface area contributed by atoms with Gasteiger partial charge in [0.1, 0.15) is 21.9 Å². The topological polar surface area (TPSA) is 208 Å². The molecule has 0 aromatic carbocycles. The molecule has 2 aliphatic carbocycles. The Kier molecular flexibility index (Phi) is 8.35. The second kappa shape index (κ2) is 12.0. The summed E-state index contributed by atoms with van der Waals surface area (Å²) < 4.78 is 3.57. The SMILES string of the molecule is CN(C(=N)N)C(=O)c1cc(NC(=O)C2C=CC(C(=O)Nc3cc(C(=O)N(C)C(=N)N)n(CC4CC4)c3)S2)cn1CC1CC1. The standard InChI is InChI=1S/C28H36N10O4S/c1-35(27(29)30)25(41)19-9-17(13-37(19)11-15-3-4-15)33-23(39)21-7-8-22(43-21)24(40)34-18-10-20(26(42)36(2)28(31)32)38(14-18)12-16-5-6-16/h7-10,13-16,21-22H,3-6,11-12H2,1-2H3,(H3,29,30)(H3,31,32)(H,33,39)(H,34,40). The Morgan fingerprint density at radius 3 is 1.49 bits per heavy atom. The lowest BCUT2D eigenvalue weighted by Crippen LogP contribution is -2.38. The molecular formula is C28H36N10O4S. The molecule has 0 spiro atoms. The molecule has 1 aliphatic heterocycles. The molecule has 2 saturated carbocycles. The molecule has 228 valence electrons. The maximum Gasteiger partial charge on any atom is 0.276 e. The Labute approximate surface area is 252 Å². The van der Waals surface area contributed by atoms with Gasteiger partial charge in [0, 0.05) is 39.6 Å². The van der Waals surface area contributed by atoms with Crippen molar-refractivity contribution in [2.24, 2.45) is 23.3 Å². The molecule has 4 amide bonds. The first-order chi connectivity index (χ1) is 20.4. The first-order valence-corrected chi connectivity index (χ1v) is 15.0. The number of rotatable bonds is 10. The van der Waals surface area contributed by atoms with Crippen LogP contribution < -0.4 is 22.1 Å². The van der Waals surface area contributed by atoms with Crippen molar-refractivity contribution in [3.05, 3.63) is 48.1 Å². The second-order valence-electron chi connectivity index (χ2n) is 11.3. The maximum atomic E-state index is 13.1. The number of carbonyl (C=O) groups excluding carboxylic acids is 4. The average molecular weight is 609 g/mol. The highest BCUT2D eigenvalue weighted by Gasteiger charge is 2.32. The number of guanidine groups is 2. The van der Waals surface area contributed by atoms with E-state index in [1.807, 2.05) is 0 Å². The highest BCUT2D eigenvalue weighted by atomic mass is 32.2. The summed E-state index contributed by atoms with van der Waals surface area (Å²) >= 11 is 1.17. The van der Waals surface area contributed by atoms with E-state index in [2.05, 4.69) is 10.6 Å². The number of carbonyl (C=O) groups is 4. The van der Waals surface area contributed by atoms with Crippen molar-refractivity contribution >= 4 is 58.7 Å². The summed E-state index contributed by atoms with van der Waals surface area (Å²) in [4.78, 5) is 54.1. The second-order valence-corrected chi connectivity index (χ2v) is 12.5. The summed E-state index contributed by atoms with van der Waals surface area (Å²) in [5.74, 6) is -1.38. The summed E-state index contributed by atoms with van der Waals surface area (Å²) in [5, 5.41) is 19.6. The van der Waals surface area contributed by atoms with Gasteiger partial charge in [0.05, 0.1) is 11.4 Å². The molecule has 3 heterocycles. The average Bonchev–Trinajstić information content (AvgIpc) is 3.82. The lowest BCUT2D eigenvalue weighted by Gasteiger charge is -2.16. The van der Waals surface area contributed by atoms with Crippen LogP contribution in [0.3, 0.4) is 0 Å². The highest BCUT2D eigenvalue weighted by Crippen LogP contribution is 2.34. The summed E-state index contributed by atoms with van der Waals surface area (Å²) in [7, 11) is 2.85. The molecule has 2 unspecified atom stereocenters. The summed E-state index contributed by atoms with van der Waals surface area (Å²) in [6.45, 7) is 1.26. The fourth-order valence-corrected chi connectivity index (χ4v) is 5.76. The lowest BCUT2D eigenvalue weighted by molar-refractivity contribution is -0.115. The van der Waals surface area contributed by atoms with Crippen LogP contribution in [0.2, 0.25) is 0 Å². The molecule has 2 aromatic rings. The molecular weight excluding hydrogens is 572 g/mol. The molecule has 2 fully saturated rings. The van der Waals surface area contributed by atoms with Crippen molar-refractivity contribution in [2.75, 3.05) is 24.7 Å². The number of amides is 4. The van der Waals surface area contributed by atoms with E-state index >= 15 is 0 Å². The van der Waals surface area contributed by atoms with Crippen molar-refractivity contribution in [3.63, 3.8) is 0 Å². The van der Waals surface area contributed by atoms with Crippen LogP contribution >= 0.6 is 11.8 Å². The van der Waals surface area contributed by atoms with E-state index in [0.717, 1.165) is 35.5 Å². The van der Waals surface area contributed by atoms with Gasteiger partial charge in [-0.25, -0.2) is 0 Å². The van der Waals surface area contributed by atoms with Crippen molar-refractivity contribution in [1.29, 1.82) is 10.8 Å². The van der Waals surface area contributed by atoms with Crippen molar-refractivity contribution in [1.82, 2.24) is 18.9 Å². The Bertz CT molecular complexity index is 1410. The van der Waals surface area contributed by atoms with Crippen LogP contribution in [-0.4, -0.2) is 79.1 Å². The van der Waals surface area contributed by atoms with E-state index in [9.17, 15) is 19.2 Å². The van der Waals surface area contributed by atoms with E-state index in [0.29, 0.717) is 47.7 Å². The monoisotopic (exact) mass is 608 g/mol. The van der Waals surface area contributed by atoms with E-state index in [1.165, 1.54) is 25.9 Å². The van der Waals surface area contributed by atoms with E-state index < -0.39 is 22.3 Å². The molecule has 8 N–H and O–H groups in total. The van der Waals surface area contributed by atoms with Crippen LogP contribution in [-0.2, 0) is 22.7 Å². The molecule has 5 rings (SSSR count). The Morgan fingerprint density at radius 1 is 0.791 bits per heavy atom. The number of hydrogen-bond donors (Lipinski definition) is 6. The molecule has 2 atom stereocenters. The number of anilines is 2. The summed E-state index contributed by atoms with van der Waals surface area (Å²) in [6.07, 6.45) is 11.0. The fourth-order valence-electron chi connectivity index (χ4n) is 4.71. The zero-order valence-corrected chi connectivity index (χ0v) is 24.8. The van der Waals surface area contributed by atoms with Crippen LogP contribution in [0.4, 0.5) is 11.4 Å².